The summed E-state index contributed by atoms with van der Waals surface area (Å²) in [6.45, 7) is 0.541. The van der Waals surface area contributed by atoms with E-state index >= 15 is 0 Å². The normalized spacial score (nSPS) is 10.7. The van der Waals surface area contributed by atoms with Crippen LogP contribution in [0.2, 0.25) is 0 Å². The maximum Gasteiger partial charge on any atom is 0.253 e. The number of carbonyl (C=O) groups excluding carboxylic acids is 1. The fourth-order valence-electron chi connectivity index (χ4n) is 2.49. The zero-order valence-corrected chi connectivity index (χ0v) is 12.6. The van der Waals surface area contributed by atoms with Crippen molar-refractivity contribution in [2.75, 3.05) is 13.2 Å². The van der Waals surface area contributed by atoms with Crippen LogP contribution in [0.1, 0.15) is 15.9 Å². The molecule has 0 atom stereocenters. The van der Waals surface area contributed by atoms with Crippen LogP contribution in [0.15, 0.2) is 54.7 Å². The van der Waals surface area contributed by atoms with Crippen molar-refractivity contribution in [1.29, 1.82) is 0 Å². The van der Waals surface area contributed by atoms with Gasteiger partial charge in [0.2, 0.25) is 0 Å². The molecule has 0 spiro atoms. The molecule has 23 heavy (non-hydrogen) atoms. The number of aromatic amines is 1. The Balaban J connectivity index is 1.73. The lowest BCUT2D eigenvalue weighted by molar-refractivity contribution is 0.0952. The van der Waals surface area contributed by atoms with Crippen molar-refractivity contribution in [3.05, 3.63) is 65.9 Å². The minimum atomic E-state index is -0.144. The molecule has 0 aliphatic carbocycles. The molecule has 118 valence electrons. The van der Waals surface area contributed by atoms with E-state index in [-0.39, 0.29) is 19.1 Å². The van der Waals surface area contributed by atoms with Crippen molar-refractivity contribution in [1.82, 2.24) is 10.3 Å². The van der Waals surface area contributed by atoms with E-state index in [9.17, 15) is 4.79 Å². The van der Waals surface area contributed by atoms with Crippen LogP contribution >= 0.6 is 0 Å². The van der Waals surface area contributed by atoms with Crippen LogP contribution < -0.4 is 10.1 Å². The fraction of sp³-hybridized carbons (Fsp3) is 0.167. The van der Waals surface area contributed by atoms with Gasteiger partial charge in [0.25, 0.3) is 5.91 Å². The molecule has 0 radical (unpaired) electrons. The molecule has 0 bridgehead atoms. The Labute approximate surface area is 133 Å². The minimum absolute atomic E-state index is 0.0461. The highest BCUT2D eigenvalue weighted by molar-refractivity contribution is 6.05. The van der Waals surface area contributed by atoms with Crippen molar-refractivity contribution in [3.8, 4) is 5.75 Å². The summed E-state index contributed by atoms with van der Waals surface area (Å²) in [7, 11) is 0. The van der Waals surface area contributed by atoms with Crippen LogP contribution in [0, 0.1) is 0 Å². The monoisotopic (exact) mass is 310 g/mol. The molecule has 5 heteroatoms. The van der Waals surface area contributed by atoms with Gasteiger partial charge in [0.05, 0.1) is 17.7 Å². The van der Waals surface area contributed by atoms with Gasteiger partial charge in [0.15, 0.2) is 0 Å². The van der Waals surface area contributed by atoms with Gasteiger partial charge in [-0.3, -0.25) is 4.79 Å². The predicted octanol–water partition coefficient (Wildman–Crippen LogP) is 2.47. The largest absolute Gasteiger partial charge is 0.491 e. The number of fused-ring (bicyclic) bond motifs is 1. The number of hydrogen-bond donors (Lipinski definition) is 3. The number of carbonyl (C=O) groups is 1. The van der Waals surface area contributed by atoms with E-state index < -0.39 is 0 Å². The number of nitrogens with one attached hydrogen (secondary N) is 2. The van der Waals surface area contributed by atoms with E-state index in [1.54, 1.807) is 6.07 Å². The zero-order valence-electron chi connectivity index (χ0n) is 12.6. The van der Waals surface area contributed by atoms with Gasteiger partial charge in [-0.2, -0.15) is 0 Å². The first kappa shape index (κ1) is 15.1. The zero-order chi connectivity index (χ0) is 16.1. The van der Waals surface area contributed by atoms with Gasteiger partial charge >= 0.3 is 0 Å². The van der Waals surface area contributed by atoms with Gasteiger partial charge in [-0.1, -0.05) is 30.3 Å². The molecular weight excluding hydrogens is 292 g/mol. The Bertz CT molecular complexity index is 811. The second kappa shape index (κ2) is 6.98. The Morgan fingerprint density at radius 1 is 1.13 bits per heavy atom. The summed E-state index contributed by atoms with van der Waals surface area (Å²) < 4.78 is 5.47. The quantitative estimate of drug-likeness (QED) is 0.655. The summed E-state index contributed by atoms with van der Waals surface area (Å²) in [5, 5.41) is 12.8. The molecule has 3 rings (SSSR count). The molecular formula is C18H18N2O3. The lowest BCUT2D eigenvalue weighted by Gasteiger charge is -2.11. The first-order valence-corrected chi connectivity index (χ1v) is 7.45. The summed E-state index contributed by atoms with van der Waals surface area (Å²) >= 11 is 0. The lowest BCUT2D eigenvalue weighted by Crippen LogP contribution is -2.23. The highest BCUT2D eigenvalue weighted by atomic mass is 16.5. The molecule has 1 aromatic heterocycles. The summed E-state index contributed by atoms with van der Waals surface area (Å²) in [6, 6.07) is 15.0. The van der Waals surface area contributed by atoms with Crippen LogP contribution in [0.4, 0.5) is 0 Å². The number of hydrogen-bond acceptors (Lipinski definition) is 3. The van der Waals surface area contributed by atoms with Gasteiger partial charge in [0.1, 0.15) is 12.4 Å². The van der Waals surface area contributed by atoms with E-state index in [0.29, 0.717) is 17.9 Å². The molecule has 0 aliphatic heterocycles. The molecule has 0 saturated carbocycles. The van der Waals surface area contributed by atoms with Crippen molar-refractivity contribution in [3.63, 3.8) is 0 Å². The minimum Gasteiger partial charge on any atom is -0.491 e. The molecule has 1 heterocycles. The van der Waals surface area contributed by atoms with E-state index in [1.165, 1.54) is 0 Å². The van der Waals surface area contributed by atoms with Gasteiger partial charge in [0, 0.05) is 23.7 Å². The topological polar surface area (TPSA) is 74.3 Å². The third-order valence-electron chi connectivity index (χ3n) is 3.59. The molecule has 0 fully saturated rings. The van der Waals surface area contributed by atoms with E-state index in [2.05, 4.69) is 10.3 Å². The second-order valence-electron chi connectivity index (χ2n) is 5.11. The summed E-state index contributed by atoms with van der Waals surface area (Å²) in [5.41, 5.74) is 2.31. The Morgan fingerprint density at radius 3 is 2.87 bits per heavy atom. The third kappa shape index (κ3) is 3.35. The average Bonchev–Trinajstić information content (AvgIpc) is 3.07. The Kier molecular flexibility index (Phi) is 4.59. The van der Waals surface area contributed by atoms with Gasteiger partial charge < -0.3 is 20.1 Å². The van der Waals surface area contributed by atoms with Gasteiger partial charge in [-0.05, 0) is 18.2 Å². The number of benzene rings is 2. The first-order chi connectivity index (χ1) is 11.3. The Hall–Kier alpha value is -2.79. The number of para-hydroxylation sites is 2. The third-order valence-corrected chi connectivity index (χ3v) is 3.59. The molecule has 0 unspecified atom stereocenters. The molecule has 0 aliphatic rings. The van der Waals surface area contributed by atoms with Gasteiger partial charge in [-0.25, -0.2) is 0 Å². The van der Waals surface area contributed by atoms with Gasteiger partial charge in [-0.15, -0.1) is 0 Å². The van der Waals surface area contributed by atoms with E-state index in [1.807, 2.05) is 48.7 Å². The van der Waals surface area contributed by atoms with Crippen LogP contribution in [0.3, 0.4) is 0 Å². The fourth-order valence-corrected chi connectivity index (χ4v) is 2.49. The molecule has 5 nitrogen and oxygen atoms in total. The summed E-state index contributed by atoms with van der Waals surface area (Å²) in [5.74, 6) is 0.523. The number of ether oxygens (including phenoxy) is 1. The van der Waals surface area contributed by atoms with Crippen LogP contribution in [0.5, 0.6) is 5.75 Å². The highest BCUT2D eigenvalue weighted by Gasteiger charge is 2.11. The molecule has 3 aromatic rings. The predicted molar refractivity (Wildman–Crippen MR) is 88.5 cm³/mol. The van der Waals surface area contributed by atoms with Crippen molar-refractivity contribution in [2.24, 2.45) is 0 Å². The van der Waals surface area contributed by atoms with Crippen LogP contribution in [-0.2, 0) is 6.54 Å². The van der Waals surface area contributed by atoms with Crippen molar-refractivity contribution >= 4 is 16.8 Å². The van der Waals surface area contributed by atoms with Crippen LogP contribution in [0.25, 0.3) is 10.9 Å². The highest BCUT2D eigenvalue weighted by Crippen LogP contribution is 2.19. The summed E-state index contributed by atoms with van der Waals surface area (Å²) in [6.07, 6.45) is 1.82. The molecule has 2 aromatic carbocycles. The van der Waals surface area contributed by atoms with Crippen molar-refractivity contribution < 1.29 is 14.6 Å². The average molecular weight is 310 g/mol. The summed E-state index contributed by atoms with van der Waals surface area (Å²) in [4.78, 5) is 15.5. The standard InChI is InChI=1S/C18H18N2O3/c21-10-11-23-16-7-2-1-4-14(16)12-20-18(22)15-6-3-5-13-8-9-19-17(13)15/h1-9,19,21H,10-12H2,(H,20,22). The number of aliphatic hydroxyl groups is 1. The number of rotatable bonds is 6. The Morgan fingerprint density at radius 2 is 2.00 bits per heavy atom. The number of amides is 1. The molecule has 0 saturated heterocycles. The molecule has 3 N–H and O–H groups in total. The first-order valence-electron chi connectivity index (χ1n) is 7.45. The SMILES string of the molecule is O=C(NCc1ccccc1OCCO)c1cccc2cc[nH]c12. The second-order valence-corrected chi connectivity index (χ2v) is 5.11. The van der Waals surface area contributed by atoms with E-state index in [4.69, 9.17) is 9.84 Å². The van der Waals surface area contributed by atoms with E-state index in [0.717, 1.165) is 16.5 Å². The van der Waals surface area contributed by atoms with Crippen LogP contribution in [-0.4, -0.2) is 29.2 Å². The number of aromatic nitrogens is 1. The molecule has 1 amide bonds. The lowest BCUT2D eigenvalue weighted by atomic mass is 10.1. The maximum atomic E-state index is 12.4. The number of aliphatic hydroxyl groups excluding tert-OH is 1. The van der Waals surface area contributed by atoms with Crippen molar-refractivity contribution in [2.45, 2.75) is 6.54 Å². The smallest absolute Gasteiger partial charge is 0.253 e. The number of H-pyrrole nitrogens is 1. The maximum absolute atomic E-state index is 12.4.